The Morgan fingerprint density at radius 1 is 1.04 bits per heavy atom. The molecule has 2 aromatic rings. The first-order chi connectivity index (χ1) is 11.7. The highest BCUT2D eigenvalue weighted by Gasteiger charge is 2.25. The molecule has 0 aliphatic carbocycles. The monoisotopic (exact) mass is 427 g/mol. The smallest absolute Gasteiger partial charge is 0.133 e. The molecule has 0 amide bonds. The average molecular weight is 429 g/mol. The standard InChI is InChI=1S/C19H22BrNO3.ClH/c1-22-14-10-13-6-7-21-16(19(13)18(11-14)24-3)9-12-4-5-17(23-2)15(20)8-12;/h4-5,8,10-11,16,21H,6-7,9H2,1-3H3;1H. The Bertz CT molecular complexity index is 722. The van der Waals surface area contributed by atoms with Crippen LogP contribution in [0.2, 0.25) is 0 Å². The summed E-state index contributed by atoms with van der Waals surface area (Å²) < 4.78 is 17.3. The molecule has 4 nitrogen and oxygen atoms in total. The molecule has 0 aromatic heterocycles. The Labute approximate surface area is 163 Å². The van der Waals surface area contributed by atoms with Crippen LogP contribution in [0.5, 0.6) is 17.2 Å². The predicted molar refractivity (Wildman–Crippen MR) is 106 cm³/mol. The van der Waals surface area contributed by atoms with E-state index in [1.807, 2.05) is 12.1 Å². The van der Waals surface area contributed by atoms with E-state index < -0.39 is 0 Å². The van der Waals surface area contributed by atoms with E-state index in [9.17, 15) is 0 Å². The van der Waals surface area contributed by atoms with E-state index in [1.54, 1.807) is 21.3 Å². The van der Waals surface area contributed by atoms with E-state index in [1.165, 1.54) is 16.7 Å². The van der Waals surface area contributed by atoms with Gasteiger partial charge < -0.3 is 19.5 Å². The van der Waals surface area contributed by atoms with Crippen LogP contribution in [-0.2, 0) is 12.8 Å². The number of fused-ring (bicyclic) bond motifs is 1. The summed E-state index contributed by atoms with van der Waals surface area (Å²) in [6.07, 6.45) is 1.87. The molecule has 1 aliphatic rings. The molecule has 0 saturated carbocycles. The molecular weight excluding hydrogens is 406 g/mol. The van der Waals surface area contributed by atoms with Crippen LogP contribution in [0.15, 0.2) is 34.8 Å². The number of ether oxygens (including phenoxy) is 3. The van der Waals surface area contributed by atoms with Gasteiger partial charge >= 0.3 is 0 Å². The van der Waals surface area contributed by atoms with Gasteiger partial charge in [-0.2, -0.15) is 0 Å². The van der Waals surface area contributed by atoms with Crippen LogP contribution in [0.3, 0.4) is 0 Å². The predicted octanol–water partition coefficient (Wildman–Crippen LogP) is 4.33. The summed E-state index contributed by atoms with van der Waals surface area (Å²) in [5, 5.41) is 3.62. The first-order valence-corrected chi connectivity index (χ1v) is 8.76. The van der Waals surface area contributed by atoms with Crippen molar-refractivity contribution in [3.63, 3.8) is 0 Å². The highest BCUT2D eigenvalue weighted by Crippen LogP contribution is 2.37. The molecule has 1 heterocycles. The normalized spacial score (nSPS) is 15.8. The van der Waals surface area contributed by atoms with E-state index in [0.29, 0.717) is 0 Å². The fourth-order valence-electron chi connectivity index (χ4n) is 3.28. The van der Waals surface area contributed by atoms with Crippen molar-refractivity contribution in [2.75, 3.05) is 27.9 Å². The zero-order valence-electron chi connectivity index (χ0n) is 14.6. The molecule has 0 saturated heterocycles. The SMILES string of the molecule is COc1cc2c(c(OC)c1)C(Cc1ccc(OC)c(Br)c1)NCC2.Cl. The third-order valence-corrected chi connectivity index (χ3v) is 5.07. The van der Waals surface area contributed by atoms with Crippen molar-refractivity contribution in [2.24, 2.45) is 0 Å². The van der Waals surface area contributed by atoms with Gasteiger partial charge in [0.2, 0.25) is 0 Å². The molecule has 1 unspecified atom stereocenters. The number of halogens is 2. The van der Waals surface area contributed by atoms with Gasteiger partial charge in [-0.25, -0.2) is 0 Å². The van der Waals surface area contributed by atoms with Gasteiger partial charge in [-0.05, 0) is 64.6 Å². The topological polar surface area (TPSA) is 39.7 Å². The third-order valence-electron chi connectivity index (χ3n) is 4.45. The Kier molecular flexibility index (Phi) is 6.99. The molecule has 0 bridgehead atoms. The second kappa shape index (κ2) is 8.79. The van der Waals surface area contributed by atoms with E-state index in [0.717, 1.165) is 41.1 Å². The molecule has 3 rings (SSSR count). The summed E-state index contributed by atoms with van der Waals surface area (Å²) in [7, 11) is 5.08. The largest absolute Gasteiger partial charge is 0.497 e. The van der Waals surface area contributed by atoms with Crippen LogP contribution in [0, 0.1) is 0 Å². The lowest BCUT2D eigenvalue weighted by Gasteiger charge is -2.29. The number of benzene rings is 2. The van der Waals surface area contributed by atoms with Gasteiger partial charge in [-0.1, -0.05) is 6.07 Å². The minimum absolute atomic E-state index is 0. The average Bonchev–Trinajstić information content (AvgIpc) is 2.61. The molecule has 0 fully saturated rings. The Balaban J connectivity index is 0.00000225. The van der Waals surface area contributed by atoms with Crippen LogP contribution < -0.4 is 19.5 Å². The summed E-state index contributed by atoms with van der Waals surface area (Å²) in [5.41, 5.74) is 3.77. The number of nitrogens with one attached hydrogen (secondary N) is 1. The van der Waals surface area contributed by atoms with Gasteiger partial charge in [-0.3, -0.25) is 0 Å². The van der Waals surface area contributed by atoms with E-state index in [4.69, 9.17) is 14.2 Å². The van der Waals surface area contributed by atoms with Crippen LogP contribution >= 0.6 is 28.3 Å². The van der Waals surface area contributed by atoms with Crippen LogP contribution in [0.25, 0.3) is 0 Å². The van der Waals surface area contributed by atoms with Gasteiger partial charge in [-0.15, -0.1) is 12.4 Å². The minimum Gasteiger partial charge on any atom is -0.497 e. The van der Waals surface area contributed by atoms with Gasteiger partial charge in [0.1, 0.15) is 17.2 Å². The van der Waals surface area contributed by atoms with E-state index >= 15 is 0 Å². The minimum atomic E-state index is 0. The van der Waals surface area contributed by atoms with Gasteiger partial charge in [0.25, 0.3) is 0 Å². The van der Waals surface area contributed by atoms with Crippen molar-refractivity contribution in [1.82, 2.24) is 5.32 Å². The van der Waals surface area contributed by atoms with E-state index in [-0.39, 0.29) is 18.4 Å². The highest BCUT2D eigenvalue weighted by atomic mass is 79.9. The van der Waals surface area contributed by atoms with Gasteiger partial charge in [0.15, 0.2) is 0 Å². The molecule has 136 valence electrons. The summed E-state index contributed by atoms with van der Waals surface area (Å²) in [4.78, 5) is 0. The maximum absolute atomic E-state index is 5.63. The molecule has 1 aliphatic heterocycles. The van der Waals surface area contributed by atoms with Crippen molar-refractivity contribution in [2.45, 2.75) is 18.9 Å². The molecule has 25 heavy (non-hydrogen) atoms. The molecule has 2 aromatic carbocycles. The quantitative estimate of drug-likeness (QED) is 0.769. The molecule has 0 spiro atoms. The molecular formula is C19H23BrClNO3. The number of rotatable bonds is 5. The second-order valence-electron chi connectivity index (χ2n) is 5.83. The van der Waals surface area contributed by atoms with Crippen LogP contribution in [0.1, 0.15) is 22.7 Å². The number of methoxy groups -OCH3 is 3. The molecule has 6 heteroatoms. The summed E-state index contributed by atoms with van der Waals surface area (Å²) in [6, 6.07) is 10.5. The fourth-order valence-corrected chi connectivity index (χ4v) is 3.86. The molecule has 1 atom stereocenters. The zero-order valence-corrected chi connectivity index (χ0v) is 17.0. The lowest BCUT2D eigenvalue weighted by molar-refractivity contribution is 0.377. The van der Waals surface area contributed by atoms with Crippen LogP contribution in [-0.4, -0.2) is 27.9 Å². The summed E-state index contributed by atoms with van der Waals surface area (Å²) in [6.45, 7) is 0.950. The Hall–Kier alpha value is -1.43. The number of hydrogen-bond acceptors (Lipinski definition) is 4. The van der Waals surface area contributed by atoms with Crippen molar-refractivity contribution in [3.05, 3.63) is 51.5 Å². The zero-order chi connectivity index (χ0) is 17.1. The lowest BCUT2D eigenvalue weighted by Crippen LogP contribution is -2.31. The van der Waals surface area contributed by atoms with Crippen molar-refractivity contribution in [3.8, 4) is 17.2 Å². The van der Waals surface area contributed by atoms with Crippen molar-refractivity contribution in [1.29, 1.82) is 0 Å². The van der Waals surface area contributed by atoms with Crippen LogP contribution in [0.4, 0.5) is 0 Å². The van der Waals surface area contributed by atoms with E-state index in [2.05, 4.69) is 39.4 Å². The fraction of sp³-hybridized carbons (Fsp3) is 0.368. The second-order valence-corrected chi connectivity index (χ2v) is 6.69. The Morgan fingerprint density at radius 3 is 2.44 bits per heavy atom. The number of hydrogen-bond donors (Lipinski definition) is 1. The van der Waals surface area contributed by atoms with Crippen molar-refractivity contribution >= 4 is 28.3 Å². The maximum atomic E-state index is 5.63. The van der Waals surface area contributed by atoms with Crippen molar-refractivity contribution < 1.29 is 14.2 Å². The maximum Gasteiger partial charge on any atom is 0.133 e. The highest BCUT2D eigenvalue weighted by molar-refractivity contribution is 9.10. The summed E-state index contributed by atoms with van der Waals surface area (Å²) in [5.74, 6) is 2.57. The lowest BCUT2D eigenvalue weighted by atomic mass is 9.89. The first-order valence-electron chi connectivity index (χ1n) is 7.97. The van der Waals surface area contributed by atoms with Gasteiger partial charge in [0, 0.05) is 17.7 Å². The molecule has 0 radical (unpaired) electrons. The Morgan fingerprint density at radius 2 is 1.80 bits per heavy atom. The summed E-state index contributed by atoms with van der Waals surface area (Å²) >= 11 is 3.56. The third kappa shape index (κ3) is 4.22. The first kappa shape index (κ1) is 19.9. The van der Waals surface area contributed by atoms with Gasteiger partial charge in [0.05, 0.1) is 25.8 Å². The molecule has 1 N–H and O–H groups in total.